The topological polar surface area (TPSA) is 61.7 Å². The Balaban J connectivity index is 1.89. The van der Waals surface area contributed by atoms with E-state index in [1.54, 1.807) is 24.3 Å². The third-order valence-corrected chi connectivity index (χ3v) is 4.13. The van der Waals surface area contributed by atoms with Gasteiger partial charge in [-0.3, -0.25) is 4.79 Å². The van der Waals surface area contributed by atoms with Gasteiger partial charge in [0.2, 0.25) is 0 Å². The Morgan fingerprint density at radius 2 is 1.91 bits per heavy atom. The fourth-order valence-corrected chi connectivity index (χ4v) is 2.59. The second kappa shape index (κ2) is 7.66. The summed E-state index contributed by atoms with van der Waals surface area (Å²) in [5.74, 6) is -0.0557. The molecule has 0 radical (unpaired) electrons. The number of amides is 1. The van der Waals surface area contributed by atoms with Gasteiger partial charge in [0.1, 0.15) is 5.75 Å². The van der Waals surface area contributed by atoms with E-state index in [2.05, 4.69) is 10.5 Å². The Morgan fingerprint density at radius 1 is 1.23 bits per heavy atom. The lowest BCUT2D eigenvalue weighted by atomic mass is 10.2. The van der Waals surface area contributed by atoms with E-state index < -0.39 is 0 Å². The van der Waals surface area contributed by atoms with Gasteiger partial charge >= 0.3 is 0 Å². The first-order chi connectivity index (χ1) is 10.6. The van der Waals surface area contributed by atoms with Crippen molar-refractivity contribution in [2.75, 3.05) is 0 Å². The summed E-state index contributed by atoms with van der Waals surface area (Å²) in [5, 5.41) is 13.2. The molecule has 0 bridgehead atoms. The normalized spacial score (nSPS) is 12.3. The van der Waals surface area contributed by atoms with Crippen LogP contribution in [0.2, 0.25) is 0 Å². The Kier molecular flexibility index (Phi) is 5.61. The number of hydrazone groups is 1. The van der Waals surface area contributed by atoms with E-state index in [-0.39, 0.29) is 16.9 Å². The van der Waals surface area contributed by atoms with Gasteiger partial charge in [0.25, 0.3) is 5.91 Å². The number of carbonyl (C=O) groups excluding carboxylic acids is 1. The maximum Gasteiger partial charge on any atom is 0.253 e. The average Bonchev–Trinajstić information content (AvgIpc) is 2.51. The minimum absolute atomic E-state index is 0.127. The molecule has 4 nitrogen and oxygen atoms in total. The van der Waals surface area contributed by atoms with Crippen LogP contribution >= 0.6 is 11.8 Å². The zero-order valence-corrected chi connectivity index (χ0v) is 13.3. The summed E-state index contributed by atoms with van der Waals surface area (Å²) in [6, 6.07) is 14.8. The number of benzene rings is 2. The number of hydrogen-bond donors (Lipinski definition) is 2. The summed E-state index contributed by atoms with van der Waals surface area (Å²) in [5.41, 5.74) is 4.23. The quantitative estimate of drug-likeness (QED) is 0.505. The molecule has 2 rings (SSSR count). The third kappa shape index (κ3) is 4.63. The number of nitrogens with one attached hydrogen (secondary N) is 1. The Hall–Kier alpha value is -2.27. The summed E-state index contributed by atoms with van der Waals surface area (Å²) in [6.45, 7) is 3.85. The first-order valence-electron chi connectivity index (χ1n) is 6.90. The van der Waals surface area contributed by atoms with Gasteiger partial charge in [0.15, 0.2) is 0 Å². The zero-order valence-electron chi connectivity index (χ0n) is 12.5. The van der Waals surface area contributed by atoms with E-state index in [0.717, 1.165) is 4.90 Å². The SMILES string of the molecule is Cc1ccc(S[C@H](C)C(=O)N/N=C\c2ccccc2O)cc1. The van der Waals surface area contributed by atoms with Gasteiger partial charge in [-0.05, 0) is 38.1 Å². The Labute approximate surface area is 134 Å². The van der Waals surface area contributed by atoms with Gasteiger partial charge in [0.05, 0.1) is 11.5 Å². The van der Waals surface area contributed by atoms with Crippen molar-refractivity contribution in [1.29, 1.82) is 0 Å². The second-order valence-corrected chi connectivity index (χ2v) is 6.28. The molecule has 0 aliphatic heterocycles. The van der Waals surface area contributed by atoms with E-state index in [9.17, 15) is 9.90 Å². The molecular weight excluding hydrogens is 296 g/mol. The number of phenolic OH excluding ortho intramolecular Hbond substituents is 1. The van der Waals surface area contributed by atoms with Crippen molar-refractivity contribution >= 4 is 23.9 Å². The minimum atomic E-state index is -0.260. The zero-order chi connectivity index (χ0) is 15.9. The molecule has 0 aliphatic rings. The molecule has 0 aromatic heterocycles. The first-order valence-corrected chi connectivity index (χ1v) is 7.78. The van der Waals surface area contributed by atoms with Crippen LogP contribution < -0.4 is 5.43 Å². The molecule has 2 aromatic carbocycles. The van der Waals surface area contributed by atoms with Crippen LogP contribution in [0.25, 0.3) is 0 Å². The molecule has 0 saturated carbocycles. The number of aryl methyl sites for hydroxylation is 1. The molecule has 2 N–H and O–H groups in total. The van der Waals surface area contributed by atoms with Gasteiger partial charge in [0, 0.05) is 10.5 Å². The van der Waals surface area contributed by atoms with Crippen molar-refractivity contribution in [1.82, 2.24) is 5.43 Å². The van der Waals surface area contributed by atoms with Crippen molar-refractivity contribution in [3.63, 3.8) is 0 Å². The van der Waals surface area contributed by atoms with Crippen LogP contribution in [0.5, 0.6) is 5.75 Å². The van der Waals surface area contributed by atoms with Gasteiger partial charge < -0.3 is 5.11 Å². The highest BCUT2D eigenvalue weighted by Gasteiger charge is 2.13. The summed E-state index contributed by atoms with van der Waals surface area (Å²) < 4.78 is 0. The summed E-state index contributed by atoms with van der Waals surface area (Å²) in [6.07, 6.45) is 1.43. The molecule has 0 heterocycles. The maximum atomic E-state index is 12.0. The van der Waals surface area contributed by atoms with Crippen molar-refractivity contribution in [3.8, 4) is 5.75 Å². The monoisotopic (exact) mass is 314 g/mol. The fourth-order valence-electron chi connectivity index (χ4n) is 1.73. The number of para-hydroxylation sites is 1. The highest BCUT2D eigenvalue weighted by Crippen LogP contribution is 2.23. The second-order valence-electron chi connectivity index (χ2n) is 4.87. The largest absolute Gasteiger partial charge is 0.507 e. The predicted octanol–water partition coefficient (Wildman–Crippen LogP) is 3.33. The number of nitrogens with zero attached hydrogens (tertiary/aromatic N) is 1. The van der Waals surface area contributed by atoms with Crippen LogP contribution in [-0.2, 0) is 4.79 Å². The van der Waals surface area contributed by atoms with Crippen LogP contribution in [-0.4, -0.2) is 22.5 Å². The Bertz CT molecular complexity index is 669. The summed E-state index contributed by atoms with van der Waals surface area (Å²) in [7, 11) is 0. The molecule has 1 atom stereocenters. The number of thioether (sulfide) groups is 1. The highest BCUT2D eigenvalue weighted by molar-refractivity contribution is 8.00. The summed E-state index contributed by atoms with van der Waals surface area (Å²) >= 11 is 1.47. The Morgan fingerprint density at radius 3 is 2.59 bits per heavy atom. The molecule has 0 saturated heterocycles. The minimum Gasteiger partial charge on any atom is -0.507 e. The van der Waals surface area contributed by atoms with Crippen LogP contribution in [0.3, 0.4) is 0 Å². The standard InChI is InChI=1S/C17H18N2O2S/c1-12-7-9-15(10-8-12)22-13(2)17(21)19-18-11-14-5-3-4-6-16(14)20/h3-11,13,20H,1-2H3,(H,19,21)/b18-11-/t13-/m1/s1. The molecule has 0 aliphatic carbocycles. The van der Waals surface area contributed by atoms with E-state index in [4.69, 9.17) is 0 Å². The first kappa shape index (κ1) is 16.1. The molecule has 22 heavy (non-hydrogen) atoms. The fraction of sp³-hybridized carbons (Fsp3) is 0.176. The van der Waals surface area contributed by atoms with Gasteiger partial charge in [-0.25, -0.2) is 5.43 Å². The van der Waals surface area contributed by atoms with Gasteiger partial charge in [-0.15, -0.1) is 11.8 Å². The number of aromatic hydroxyl groups is 1. The lowest BCUT2D eigenvalue weighted by Gasteiger charge is -2.09. The predicted molar refractivity (Wildman–Crippen MR) is 90.3 cm³/mol. The van der Waals surface area contributed by atoms with Gasteiger partial charge in [-0.1, -0.05) is 29.8 Å². The van der Waals surface area contributed by atoms with E-state index in [0.29, 0.717) is 5.56 Å². The van der Waals surface area contributed by atoms with E-state index in [1.807, 2.05) is 38.1 Å². The molecular formula is C17H18N2O2S. The highest BCUT2D eigenvalue weighted by atomic mass is 32.2. The van der Waals surface area contributed by atoms with Crippen LogP contribution in [0.4, 0.5) is 0 Å². The molecule has 0 spiro atoms. The molecule has 0 unspecified atom stereocenters. The lowest BCUT2D eigenvalue weighted by molar-refractivity contribution is -0.120. The average molecular weight is 314 g/mol. The molecule has 5 heteroatoms. The van der Waals surface area contributed by atoms with E-state index in [1.165, 1.54) is 23.5 Å². The van der Waals surface area contributed by atoms with Crippen LogP contribution in [0.1, 0.15) is 18.1 Å². The van der Waals surface area contributed by atoms with Crippen molar-refractivity contribution < 1.29 is 9.90 Å². The number of rotatable bonds is 5. The van der Waals surface area contributed by atoms with Crippen molar-refractivity contribution in [3.05, 3.63) is 59.7 Å². The van der Waals surface area contributed by atoms with Crippen LogP contribution in [0, 0.1) is 6.92 Å². The van der Waals surface area contributed by atoms with Crippen molar-refractivity contribution in [2.24, 2.45) is 5.10 Å². The molecule has 2 aromatic rings. The lowest BCUT2D eigenvalue weighted by Crippen LogP contribution is -2.26. The number of hydrogen-bond acceptors (Lipinski definition) is 4. The smallest absolute Gasteiger partial charge is 0.253 e. The third-order valence-electron chi connectivity index (χ3n) is 3.02. The van der Waals surface area contributed by atoms with Crippen molar-refractivity contribution in [2.45, 2.75) is 24.0 Å². The van der Waals surface area contributed by atoms with E-state index >= 15 is 0 Å². The number of carbonyl (C=O) groups is 1. The molecule has 114 valence electrons. The van der Waals surface area contributed by atoms with Crippen LogP contribution in [0.15, 0.2) is 58.5 Å². The molecule has 0 fully saturated rings. The summed E-state index contributed by atoms with van der Waals surface area (Å²) in [4.78, 5) is 13.0. The van der Waals surface area contributed by atoms with Gasteiger partial charge in [-0.2, -0.15) is 5.10 Å². The molecule has 1 amide bonds. The number of phenols is 1. The maximum absolute atomic E-state index is 12.0.